The molecule has 0 aromatic rings. The molecule has 0 bridgehead atoms. The Hall–Kier alpha value is -0.570. The number of aliphatic carboxylic acids is 1. The van der Waals surface area contributed by atoms with Crippen molar-refractivity contribution < 1.29 is 14.6 Å². The Morgan fingerprint density at radius 1 is 1.67 bits per heavy atom. The van der Waals surface area contributed by atoms with Crippen LogP contribution in [0.2, 0.25) is 0 Å². The minimum atomic E-state index is -0.691. The number of ether oxygens (including phenoxy) is 1. The van der Waals surface area contributed by atoms with Crippen molar-refractivity contribution in [2.45, 2.75) is 38.7 Å². The molecule has 0 unspecified atom stereocenters. The van der Waals surface area contributed by atoms with Crippen molar-refractivity contribution in [3.05, 3.63) is 0 Å². The summed E-state index contributed by atoms with van der Waals surface area (Å²) in [6, 6.07) is 0. The van der Waals surface area contributed by atoms with Crippen molar-refractivity contribution >= 4 is 5.97 Å². The fraction of sp³-hybridized carbons (Fsp3) is 0.889. The second-order valence-electron chi connectivity index (χ2n) is 3.82. The van der Waals surface area contributed by atoms with E-state index in [-0.39, 0.29) is 6.10 Å². The third-order valence-corrected chi connectivity index (χ3v) is 2.78. The van der Waals surface area contributed by atoms with Gasteiger partial charge in [0.15, 0.2) is 0 Å². The molecule has 0 heterocycles. The van der Waals surface area contributed by atoms with Crippen LogP contribution in [0.5, 0.6) is 0 Å². The summed E-state index contributed by atoms with van der Waals surface area (Å²) in [6.07, 6.45) is 3.53. The zero-order valence-electron chi connectivity index (χ0n) is 7.67. The lowest BCUT2D eigenvalue weighted by Crippen LogP contribution is -2.36. The molecule has 1 saturated carbocycles. The Balaban J connectivity index is 2.61. The largest absolute Gasteiger partial charge is 0.481 e. The van der Waals surface area contributed by atoms with Crippen LogP contribution < -0.4 is 0 Å². The highest BCUT2D eigenvalue weighted by molar-refractivity contribution is 5.74. The normalized spacial score (nSPS) is 36.3. The molecule has 1 aliphatic rings. The van der Waals surface area contributed by atoms with Crippen LogP contribution in [0.4, 0.5) is 0 Å². The average molecular weight is 172 g/mol. The highest BCUT2D eigenvalue weighted by Gasteiger charge is 2.38. The van der Waals surface area contributed by atoms with Gasteiger partial charge in [-0.3, -0.25) is 4.79 Å². The maximum atomic E-state index is 10.9. The van der Waals surface area contributed by atoms with Crippen molar-refractivity contribution in [2.75, 3.05) is 7.11 Å². The van der Waals surface area contributed by atoms with Gasteiger partial charge in [-0.1, -0.05) is 0 Å². The minimum absolute atomic E-state index is 0.139. The molecular formula is C9H16O3. The highest BCUT2D eigenvalue weighted by atomic mass is 16.5. The van der Waals surface area contributed by atoms with E-state index in [2.05, 4.69) is 0 Å². The summed E-state index contributed by atoms with van der Waals surface area (Å²) in [5.41, 5.74) is -0.557. The van der Waals surface area contributed by atoms with Gasteiger partial charge in [-0.15, -0.1) is 0 Å². The van der Waals surface area contributed by atoms with Gasteiger partial charge in [0.1, 0.15) is 0 Å². The quantitative estimate of drug-likeness (QED) is 0.689. The summed E-state index contributed by atoms with van der Waals surface area (Å²) in [5.74, 6) is -0.691. The van der Waals surface area contributed by atoms with Crippen LogP contribution in [0.25, 0.3) is 0 Å². The van der Waals surface area contributed by atoms with Crippen LogP contribution in [-0.4, -0.2) is 24.3 Å². The molecule has 0 saturated heterocycles. The van der Waals surface area contributed by atoms with E-state index in [0.29, 0.717) is 6.42 Å². The first-order valence-corrected chi connectivity index (χ1v) is 4.35. The van der Waals surface area contributed by atoms with Gasteiger partial charge in [0.25, 0.3) is 0 Å². The summed E-state index contributed by atoms with van der Waals surface area (Å²) in [5, 5.41) is 8.96. The van der Waals surface area contributed by atoms with Crippen molar-refractivity contribution in [1.29, 1.82) is 0 Å². The number of hydrogen-bond acceptors (Lipinski definition) is 2. The van der Waals surface area contributed by atoms with E-state index in [1.165, 1.54) is 0 Å². The molecule has 2 atom stereocenters. The molecule has 3 heteroatoms. The molecule has 0 aromatic heterocycles. The molecule has 12 heavy (non-hydrogen) atoms. The summed E-state index contributed by atoms with van der Waals surface area (Å²) in [4.78, 5) is 10.9. The molecule has 0 aliphatic heterocycles. The van der Waals surface area contributed by atoms with Crippen LogP contribution >= 0.6 is 0 Å². The van der Waals surface area contributed by atoms with E-state index in [9.17, 15) is 4.79 Å². The van der Waals surface area contributed by atoms with Gasteiger partial charge in [-0.25, -0.2) is 0 Å². The van der Waals surface area contributed by atoms with E-state index in [0.717, 1.165) is 19.3 Å². The van der Waals surface area contributed by atoms with Crippen molar-refractivity contribution in [3.8, 4) is 0 Å². The molecule has 1 aliphatic carbocycles. The van der Waals surface area contributed by atoms with Crippen molar-refractivity contribution in [3.63, 3.8) is 0 Å². The van der Waals surface area contributed by atoms with E-state index >= 15 is 0 Å². The second-order valence-corrected chi connectivity index (χ2v) is 3.82. The Kier molecular flexibility index (Phi) is 2.73. The smallest absolute Gasteiger partial charge is 0.309 e. The van der Waals surface area contributed by atoms with Crippen LogP contribution in [0.15, 0.2) is 0 Å². The number of carbonyl (C=O) groups is 1. The standard InChI is InChI=1S/C9H16O3/c1-9(8(10)11)5-3-4-7(6-9)12-2/h7H,3-6H2,1-2H3,(H,10,11)/t7-,9+/m0/s1. The summed E-state index contributed by atoms with van der Waals surface area (Å²) >= 11 is 0. The van der Waals surface area contributed by atoms with E-state index in [4.69, 9.17) is 9.84 Å². The van der Waals surface area contributed by atoms with E-state index < -0.39 is 11.4 Å². The maximum Gasteiger partial charge on any atom is 0.309 e. The Bertz CT molecular complexity index is 179. The first kappa shape index (κ1) is 9.52. The van der Waals surface area contributed by atoms with Crippen molar-refractivity contribution in [1.82, 2.24) is 0 Å². The zero-order valence-corrected chi connectivity index (χ0v) is 7.67. The lowest BCUT2D eigenvalue weighted by molar-refractivity contribution is -0.152. The molecule has 0 amide bonds. The predicted molar refractivity (Wildman–Crippen MR) is 45.0 cm³/mol. The predicted octanol–water partition coefficient (Wildman–Crippen LogP) is 1.67. The number of methoxy groups -OCH3 is 1. The SMILES string of the molecule is CO[C@H]1CCC[C@@](C)(C(=O)O)C1. The molecule has 0 aromatic carbocycles. The van der Waals surface area contributed by atoms with Crippen LogP contribution in [0, 0.1) is 5.41 Å². The fourth-order valence-electron chi connectivity index (χ4n) is 1.82. The van der Waals surface area contributed by atoms with Gasteiger partial charge < -0.3 is 9.84 Å². The molecule has 70 valence electrons. The van der Waals surface area contributed by atoms with E-state index in [1.807, 2.05) is 0 Å². The summed E-state index contributed by atoms with van der Waals surface area (Å²) < 4.78 is 5.17. The summed E-state index contributed by atoms with van der Waals surface area (Å²) in [7, 11) is 1.65. The first-order valence-electron chi connectivity index (χ1n) is 4.35. The Morgan fingerprint density at radius 2 is 2.33 bits per heavy atom. The summed E-state index contributed by atoms with van der Waals surface area (Å²) in [6.45, 7) is 1.81. The van der Waals surface area contributed by atoms with E-state index in [1.54, 1.807) is 14.0 Å². The third-order valence-electron chi connectivity index (χ3n) is 2.78. The molecule has 0 radical (unpaired) electrons. The Morgan fingerprint density at radius 3 is 2.83 bits per heavy atom. The van der Waals surface area contributed by atoms with Crippen LogP contribution in [0.1, 0.15) is 32.6 Å². The lowest BCUT2D eigenvalue weighted by atomic mass is 9.74. The van der Waals surface area contributed by atoms with Gasteiger partial charge >= 0.3 is 5.97 Å². The van der Waals surface area contributed by atoms with Crippen molar-refractivity contribution in [2.24, 2.45) is 5.41 Å². The monoisotopic (exact) mass is 172 g/mol. The third kappa shape index (κ3) is 1.78. The topological polar surface area (TPSA) is 46.5 Å². The maximum absolute atomic E-state index is 10.9. The van der Waals surface area contributed by atoms with Crippen LogP contribution in [-0.2, 0) is 9.53 Å². The second kappa shape index (κ2) is 3.44. The number of rotatable bonds is 2. The zero-order chi connectivity index (χ0) is 9.19. The molecule has 3 nitrogen and oxygen atoms in total. The van der Waals surface area contributed by atoms with Gasteiger partial charge in [-0.2, -0.15) is 0 Å². The molecule has 1 N–H and O–H groups in total. The number of carboxylic acid groups (broad SMARTS) is 1. The van der Waals surface area contributed by atoms with Gasteiger partial charge in [0, 0.05) is 7.11 Å². The van der Waals surface area contributed by atoms with Gasteiger partial charge in [-0.05, 0) is 32.6 Å². The highest BCUT2D eigenvalue weighted by Crippen LogP contribution is 2.36. The number of carboxylic acids is 1. The molecule has 0 spiro atoms. The first-order chi connectivity index (χ1) is 5.58. The van der Waals surface area contributed by atoms with Gasteiger partial charge in [0.2, 0.25) is 0 Å². The van der Waals surface area contributed by atoms with Gasteiger partial charge in [0.05, 0.1) is 11.5 Å². The molecule has 1 fully saturated rings. The van der Waals surface area contributed by atoms with Crippen LogP contribution in [0.3, 0.4) is 0 Å². The lowest BCUT2D eigenvalue weighted by Gasteiger charge is -2.33. The fourth-order valence-corrected chi connectivity index (χ4v) is 1.82. The molecular weight excluding hydrogens is 156 g/mol. The number of hydrogen-bond donors (Lipinski definition) is 1. The average Bonchev–Trinajstić information content (AvgIpc) is 2.04. The minimum Gasteiger partial charge on any atom is -0.481 e. The Labute approximate surface area is 72.7 Å². The molecule has 1 rings (SSSR count).